The van der Waals surface area contributed by atoms with Crippen LogP contribution in [0.2, 0.25) is 0 Å². The fourth-order valence-electron chi connectivity index (χ4n) is 1.99. The number of benzene rings is 2. The SMILES string of the molecule is CC(C)c1noc(COc2ccc3cc(Br)ccc3c2)n1. The molecule has 2 aromatic carbocycles. The van der Waals surface area contributed by atoms with Crippen molar-refractivity contribution in [1.82, 2.24) is 10.1 Å². The van der Waals surface area contributed by atoms with Gasteiger partial charge in [-0.15, -0.1) is 0 Å². The quantitative estimate of drug-likeness (QED) is 0.687. The topological polar surface area (TPSA) is 48.2 Å². The number of rotatable bonds is 4. The summed E-state index contributed by atoms with van der Waals surface area (Å²) in [6, 6.07) is 12.1. The molecule has 0 unspecified atom stereocenters. The first-order valence-corrected chi connectivity index (χ1v) is 7.56. The maximum absolute atomic E-state index is 5.72. The number of halogens is 1. The number of ether oxygens (including phenoxy) is 1. The molecule has 0 bridgehead atoms. The molecule has 0 radical (unpaired) electrons. The average molecular weight is 347 g/mol. The lowest BCUT2D eigenvalue weighted by Gasteiger charge is -2.05. The fraction of sp³-hybridized carbons (Fsp3) is 0.250. The van der Waals surface area contributed by atoms with Gasteiger partial charge in [0.2, 0.25) is 0 Å². The highest BCUT2D eigenvalue weighted by Gasteiger charge is 2.10. The van der Waals surface area contributed by atoms with Crippen molar-refractivity contribution in [3.05, 3.63) is 52.6 Å². The Morgan fingerprint density at radius 1 is 1.14 bits per heavy atom. The van der Waals surface area contributed by atoms with Gasteiger partial charge in [0.1, 0.15) is 5.75 Å². The van der Waals surface area contributed by atoms with Gasteiger partial charge in [-0.1, -0.05) is 47.1 Å². The van der Waals surface area contributed by atoms with Gasteiger partial charge in [0, 0.05) is 10.4 Å². The highest BCUT2D eigenvalue weighted by atomic mass is 79.9. The van der Waals surface area contributed by atoms with Gasteiger partial charge in [0.25, 0.3) is 5.89 Å². The van der Waals surface area contributed by atoms with Gasteiger partial charge >= 0.3 is 0 Å². The minimum absolute atomic E-state index is 0.251. The molecule has 5 heteroatoms. The van der Waals surface area contributed by atoms with Crippen molar-refractivity contribution in [2.45, 2.75) is 26.4 Å². The number of hydrogen-bond donors (Lipinski definition) is 0. The maximum Gasteiger partial charge on any atom is 0.264 e. The van der Waals surface area contributed by atoms with Crippen molar-refractivity contribution in [3.8, 4) is 5.75 Å². The van der Waals surface area contributed by atoms with Gasteiger partial charge in [0.05, 0.1) is 0 Å². The molecular weight excluding hydrogens is 332 g/mol. The van der Waals surface area contributed by atoms with Crippen LogP contribution in [0.25, 0.3) is 10.8 Å². The summed E-state index contributed by atoms with van der Waals surface area (Å²) >= 11 is 3.47. The van der Waals surface area contributed by atoms with Gasteiger partial charge in [-0.05, 0) is 35.0 Å². The van der Waals surface area contributed by atoms with Crippen LogP contribution in [0.3, 0.4) is 0 Å². The first-order chi connectivity index (χ1) is 10.1. The second kappa shape index (κ2) is 5.85. The lowest BCUT2D eigenvalue weighted by molar-refractivity contribution is 0.242. The predicted molar refractivity (Wildman–Crippen MR) is 84.4 cm³/mol. The molecule has 21 heavy (non-hydrogen) atoms. The van der Waals surface area contributed by atoms with Crippen LogP contribution in [0.1, 0.15) is 31.5 Å². The minimum atomic E-state index is 0.251. The summed E-state index contributed by atoms with van der Waals surface area (Å²) in [7, 11) is 0. The Kier molecular flexibility index (Phi) is 3.92. The van der Waals surface area contributed by atoms with E-state index in [0.717, 1.165) is 21.0 Å². The third-order valence-corrected chi connectivity index (χ3v) is 3.63. The molecule has 0 aliphatic carbocycles. The van der Waals surface area contributed by atoms with Gasteiger partial charge < -0.3 is 9.26 Å². The Morgan fingerprint density at radius 2 is 1.90 bits per heavy atom. The van der Waals surface area contributed by atoms with Crippen LogP contribution in [-0.2, 0) is 6.61 Å². The summed E-state index contributed by atoms with van der Waals surface area (Å²) in [5, 5.41) is 6.21. The van der Waals surface area contributed by atoms with Crippen molar-refractivity contribution < 1.29 is 9.26 Å². The van der Waals surface area contributed by atoms with Gasteiger partial charge in [-0.2, -0.15) is 4.98 Å². The van der Waals surface area contributed by atoms with E-state index < -0.39 is 0 Å². The lowest BCUT2D eigenvalue weighted by Crippen LogP contribution is -1.97. The molecule has 0 amide bonds. The number of hydrogen-bond acceptors (Lipinski definition) is 4. The molecule has 0 spiro atoms. The van der Waals surface area contributed by atoms with Crippen LogP contribution in [0.4, 0.5) is 0 Å². The highest BCUT2D eigenvalue weighted by Crippen LogP contribution is 2.24. The molecule has 3 rings (SSSR count). The molecule has 1 aromatic heterocycles. The summed E-state index contributed by atoms with van der Waals surface area (Å²) in [6.07, 6.45) is 0. The zero-order valence-electron chi connectivity index (χ0n) is 11.8. The van der Waals surface area contributed by atoms with Gasteiger partial charge in [-0.3, -0.25) is 0 Å². The minimum Gasteiger partial charge on any atom is -0.484 e. The van der Waals surface area contributed by atoms with Crippen LogP contribution >= 0.6 is 15.9 Å². The third-order valence-electron chi connectivity index (χ3n) is 3.14. The Hall–Kier alpha value is -1.88. The summed E-state index contributed by atoms with van der Waals surface area (Å²) in [6.45, 7) is 4.33. The van der Waals surface area contributed by atoms with Crippen molar-refractivity contribution in [1.29, 1.82) is 0 Å². The smallest absolute Gasteiger partial charge is 0.264 e. The molecule has 3 aromatic rings. The molecule has 108 valence electrons. The van der Waals surface area contributed by atoms with Crippen LogP contribution in [-0.4, -0.2) is 10.1 Å². The first kappa shape index (κ1) is 14.1. The second-order valence-corrected chi connectivity index (χ2v) is 6.06. The molecular formula is C16H15BrN2O2. The van der Waals surface area contributed by atoms with Crippen molar-refractivity contribution in [2.24, 2.45) is 0 Å². The monoisotopic (exact) mass is 346 g/mol. The summed E-state index contributed by atoms with van der Waals surface area (Å²) < 4.78 is 11.9. The number of nitrogens with zero attached hydrogens (tertiary/aromatic N) is 2. The van der Waals surface area contributed by atoms with E-state index in [0.29, 0.717) is 11.7 Å². The Labute approximate surface area is 131 Å². The van der Waals surface area contributed by atoms with Crippen LogP contribution < -0.4 is 4.74 Å². The van der Waals surface area contributed by atoms with Gasteiger partial charge in [0.15, 0.2) is 12.4 Å². The zero-order valence-corrected chi connectivity index (χ0v) is 13.4. The molecule has 0 aliphatic rings. The van der Waals surface area contributed by atoms with E-state index in [-0.39, 0.29) is 12.5 Å². The molecule has 0 saturated carbocycles. The lowest BCUT2D eigenvalue weighted by atomic mass is 10.1. The molecule has 0 saturated heterocycles. The Bertz CT molecular complexity index is 768. The largest absolute Gasteiger partial charge is 0.484 e. The molecule has 1 heterocycles. The first-order valence-electron chi connectivity index (χ1n) is 6.76. The van der Waals surface area contributed by atoms with E-state index in [2.05, 4.69) is 38.2 Å². The van der Waals surface area contributed by atoms with Gasteiger partial charge in [-0.25, -0.2) is 0 Å². The zero-order chi connectivity index (χ0) is 14.8. The molecule has 0 atom stereocenters. The number of aromatic nitrogens is 2. The Balaban J connectivity index is 1.73. The molecule has 4 nitrogen and oxygen atoms in total. The van der Waals surface area contributed by atoms with E-state index in [9.17, 15) is 0 Å². The average Bonchev–Trinajstić information content (AvgIpc) is 2.94. The van der Waals surface area contributed by atoms with Crippen molar-refractivity contribution in [3.63, 3.8) is 0 Å². The summed E-state index contributed by atoms with van der Waals surface area (Å²) in [5.41, 5.74) is 0. The fourth-order valence-corrected chi connectivity index (χ4v) is 2.37. The number of fused-ring (bicyclic) bond motifs is 1. The standard InChI is InChI=1S/C16H15BrN2O2/c1-10(2)16-18-15(21-19-16)9-20-14-6-4-11-7-13(17)5-3-12(11)8-14/h3-8,10H,9H2,1-2H3. The van der Waals surface area contributed by atoms with E-state index in [1.165, 1.54) is 0 Å². The van der Waals surface area contributed by atoms with E-state index in [1.54, 1.807) is 0 Å². The Morgan fingerprint density at radius 3 is 2.67 bits per heavy atom. The van der Waals surface area contributed by atoms with Crippen molar-refractivity contribution >= 4 is 26.7 Å². The summed E-state index contributed by atoms with van der Waals surface area (Å²) in [5.74, 6) is 2.24. The van der Waals surface area contributed by atoms with E-state index in [4.69, 9.17) is 9.26 Å². The summed E-state index contributed by atoms with van der Waals surface area (Å²) in [4.78, 5) is 4.29. The molecule has 0 fully saturated rings. The normalized spacial score (nSPS) is 11.2. The maximum atomic E-state index is 5.72. The van der Waals surface area contributed by atoms with Crippen molar-refractivity contribution in [2.75, 3.05) is 0 Å². The third kappa shape index (κ3) is 3.24. The highest BCUT2D eigenvalue weighted by molar-refractivity contribution is 9.10. The van der Waals surface area contributed by atoms with Crippen LogP contribution in [0.5, 0.6) is 5.75 Å². The van der Waals surface area contributed by atoms with Crippen LogP contribution in [0, 0.1) is 0 Å². The molecule has 0 N–H and O–H groups in total. The predicted octanol–water partition coefficient (Wildman–Crippen LogP) is 4.69. The van der Waals surface area contributed by atoms with Crippen LogP contribution in [0.15, 0.2) is 45.4 Å². The second-order valence-electron chi connectivity index (χ2n) is 5.14. The van der Waals surface area contributed by atoms with E-state index >= 15 is 0 Å². The molecule has 0 aliphatic heterocycles. The van der Waals surface area contributed by atoms with E-state index in [1.807, 2.05) is 38.1 Å².